The van der Waals surface area contributed by atoms with Crippen LogP contribution in [-0.4, -0.2) is 33.1 Å². The quantitative estimate of drug-likeness (QED) is 0.427. The van der Waals surface area contributed by atoms with Crippen molar-refractivity contribution in [2.45, 2.75) is 37.1 Å². The molecule has 1 amide bonds. The number of halogens is 2. The van der Waals surface area contributed by atoms with Gasteiger partial charge in [-0.05, 0) is 54.7 Å². The predicted molar refractivity (Wildman–Crippen MR) is 113 cm³/mol. The summed E-state index contributed by atoms with van der Waals surface area (Å²) >= 11 is 1.18. The zero-order valence-corrected chi connectivity index (χ0v) is 17.3. The maximum atomic E-state index is 12.5. The highest BCUT2D eigenvalue weighted by Gasteiger charge is 2.22. The van der Waals surface area contributed by atoms with Gasteiger partial charge in [0.1, 0.15) is 5.75 Å². The number of alkyl halides is 2. The molecule has 0 spiro atoms. The standard InChI is InChI=1S/C21H21F2N5O2S/c22-20(23)30-15-10-8-14(9-11-15)19-26-27-21(28(19)24)31-12-18(29)25-17-7-3-5-13-4-1-2-6-16(13)17/h1-2,4,6,8-11,17,20H,3,5,7,12,24H2,(H,25,29)/t17-/m1/s1. The van der Waals surface area contributed by atoms with E-state index >= 15 is 0 Å². The number of hydrogen-bond donors (Lipinski definition) is 2. The number of rotatable bonds is 7. The topological polar surface area (TPSA) is 95.1 Å². The van der Waals surface area contributed by atoms with Gasteiger partial charge >= 0.3 is 6.61 Å². The maximum absolute atomic E-state index is 12.5. The summed E-state index contributed by atoms with van der Waals surface area (Å²) in [6, 6.07) is 14.1. The summed E-state index contributed by atoms with van der Waals surface area (Å²) in [6.07, 6.45) is 2.98. The molecule has 1 aliphatic carbocycles. The van der Waals surface area contributed by atoms with Gasteiger partial charge in [0.05, 0.1) is 11.8 Å². The van der Waals surface area contributed by atoms with E-state index in [0.717, 1.165) is 19.3 Å². The molecular formula is C21H21F2N5O2S. The van der Waals surface area contributed by atoms with Crippen molar-refractivity contribution in [3.63, 3.8) is 0 Å². The van der Waals surface area contributed by atoms with Gasteiger partial charge in [-0.1, -0.05) is 36.0 Å². The largest absolute Gasteiger partial charge is 0.435 e. The lowest BCUT2D eigenvalue weighted by molar-refractivity contribution is -0.119. The number of carbonyl (C=O) groups is 1. The monoisotopic (exact) mass is 445 g/mol. The molecule has 1 aliphatic rings. The van der Waals surface area contributed by atoms with Crippen LogP contribution in [0.15, 0.2) is 53.7 Å². The average molecular weight is 445 g/mol. The molecule has 0 saturated carbocycles. The van der Waals surface area contributed by atoms with Gasteiger partial charge in [0, 0.05) is 5.56 Å². The molecule has 4 rings (SSSR count). The molecule has 0 radical (unpaired) electrons. The van der Waals surface area contributed by atoms with Crippen molar-refractivity contribution in [3.8, 4) is 17.1 Å². The third kappa shape index (κ3) is 4.96. The Hall–Kier alpha value is -3.14. The fourth-order valence-corrected chi connectivity index (χ4v) is 4.30. The summed E-state index contributed by atoms with van der Waals surface area (Å²) in [5, 5.41) is 11.6. The van der Waals surface area contributed by atoms with E-state index < -0.39 is 6.61 Å². The van der Waals surface area contributed by atoms with Crippen molar-refractivity contribution in [2.24, 2.45) is 0 Å². The first-order valence-electron chi connectivity index (χ1n) is 9.77. The Kier molecular flexibility index (Phi) is 6.36. The van der Waals surface area contributed by atoms with Gasteiger partial charge in [0.2, 0.25) is 11.1 Å². The molecular weight excluding hydrogens is 424 g/mol. The molecule has 1 atom stereocenters. The number of nitrogens with zero attached hydrogens (tertiary/aromatic N) is 3. The van der Waals surface area contributed by atoms with Crippen molar-refractivity contribution < 1.29 is 18.3 Å². The second-order valence-corrected chi connectivity index (χ2v) is 8.02. The number of nitrogens with two attached hydrogens (primary N) is 1. The number of benzene rings is 2. The van der Waals surface area contributed by atoms with Crippen molar-refractivity contribution in [3.05, 3.63) is 59.7 Å². The lowest BCUT2D eigenvalue weighted by atomic mass is 9.88. The van der Waals surface area contributed by atoms with E-state index in [1.54, 1.807) is 12.1 Å². The van der Waals surface area contributed by atoms with Crippen LogP contribution in [0.5, 0.6) is 5.75 Å². The Bertz CT molecular complexity index is 1060. The molecule has 0 unspecified atom stereocenters. The number of ether oxygens (including phenoxy) is 1. The highest BCUT2D eigenvalue weighted by molar-refractivity contribution is 7.99. The number of aromatic nitrogens is 3. The van der Waals surface area contributed by atoms with E-state index in [0.29, 0.717) is 16.5 Å². The summed E-state index contributed by atoms with van der Waals surface area (Å²) in [4.78, 5) is 12.5. The van der Waals surface area contributed by atoms with Gasteiger partial charge < -0.3 is 15.9 Å². The summed E-state index contributed by atoms with van der Waals surface area (Å²) in [5.74, 6) is 6.51. The average Bonchev–Trinajstić information content (AvgIpc) is 3.13. The zero-order valence-electron chi connectivity index (χ0n) is 16.5. The van der Waals surface area contributed by atoms with Gasteiger partial charge in [0.25, 0.3) is 0 Å². The van der Waals surface area contributed by atoms with Crippen LogP contribution >= 0.6 is 11.8 Å². The normalized spacial score (nSPS) is 15.5. The summed E-state index contributed by atoms with van der Waals surface area (Å²) < 4.78 is 30.2. The minimum absolute atomic E-state index is 0.0123. The van der Waals surface area contributed by atoms with Crippen LogP contribution in [0, 0.1) is 0 Å². The number of hydrogen-bond acceptors (Lipinski definition) is 6. The van der Waals surface area contributed by atoms with Gasteiger partial charge in [-0.25, -0.2) is 4.68 Å². The van der Waals surface area contributed by atoms with E-state index in [9.17, 15) is 13.6 Å². The Morgan fingerprint density at radius 3 is 2.77 bits per heavy atom. The van der Waals surface area contributed by atoms with Crippen molar-refractivity contribution in [2.75, 3.05) is 11.6 Å². The first-order valence-corrected chi connectivity index (χ1v) is 10.8. The Morgan fingerprint density at radius 1 is 1.23 bits per heavy atom. The first-order chi connectivity index (χ1) is 15.0. The third-order valence-electron chi connectivity index (χ3n) is 5.04. The number of nitrogen functional groups attached to an aromatic ring is 1. The van der Waals surface area contributed by atoms with Crippen LogP contribution in [-0.2, 0) is 11.2 Å². The SMILES string of the molecule is Nn1c(SCC(=O)N[C@@H]2CCCc3ccccc32)nnc1-c1ccc(OC(F)F)cc1. The molecule has 162 valence electrons. The molecule has 3 aromatic rings. The second-order valence-electron chi connectivity index (χ2n) is 7.08. The zero-order chi connectivity index (χ0) is 21.8. The third-order valence-corrected chi connectivity index (χ3v) is 5.98. The van der Waals surface area contributed by atoms with Crippen molar-refractivity contribution in [1.29, 1.82) is 0 Å². The van der Waals surface area contributed by atoms with Gasteiger partial charge in [-0.3, -0.25) is 4.79 Å². The second kappa shape index (κ2) is 9.34. The highest BCUT2D eigenvalue weighted by atomic mass is 32.2. The number of fused-ring (bicyclic) bond motifs is 1. The van der Waals surface area contributed by atoms with Crippen LogP contribution < -0.4 is 15.9 Å². The molecule has 3 N–H and O–H groups in total. The molecule has 2 aromatic carbocycles. The lowest BCUT2D eigenvalue weighted by Gasteiger charge is -2.26. The molecule has 0 fully saturated rings. The fraction of sp³-hybridized carbons (Fsp3) is 0.286. The number of carbonyl (C=O) groups excluding carboxylic acids is 1. The molecule has 1 aromatic heterocycles. The smallest absolute Gasteiger partial charge is 0.387 e. The Morgan fingerprint density at radius 2 is 2.00 bits per heavy atom. The molecule has 0 aliphatic heterocycles. The molecule has 1 heterocycles. The number of thioether (sulfide) groups is 1. The van der Waals surface area contributed by atoms with Gasteiger partial charge in [-0.2, -0.15) is 8.78 Å². The summed E-state index contributed by atoms with van der Waals surface area (Å²) in [5.41, 5.74) is 3.05. The van der Waals surface area contributed by atoms with Crippen molar-refractivity contribution >= 4 is 17.7 Å². The fourth-order valence-electron chi connectivity index (χ4n) is 3.63. The van der Waals surface area contributed by atoms with Gasteiger partial charge in [0.15, 0.2) is 5.82 Å². The Balaban J connectivity index is 1.37. The molecule has 10 heteroatoms. The van der Waals surface area contributed by atoms with Crippen LogP contribution in [0.2, 0.25) is 0 Å². The predicted octanol–water partition coefficient (Wildman–Crippen LogP) is 3.55. The molecule has 31 heavy (non-hydrogen) atoms. The molecule has 0 saturated heterocycles. The van der Waals surface area contributed by atoms with Crippen molar-refractivity contribution in [1.82, 2.24) is 20.2 Å². The van der Waals surface area contributed by atoms with E-state index in [4.69, 9.17) is 5.84 Å². The highest BCUT2D eigenvalue weighted by Crippen LogP contribution is 2.30. The van der Waals surface area contributed by atoms with E-state index in [-0.39, 0.29) is 23.5 Å². The van der Waals surface area contributed by atoms with E-state index in [2.05, 4.69) is 32.4 Å². The van der Waals surface area contributed by atoms with E-state index in [1.807, 2.05) is 12.1 Å². The number of nitrogens with one attached hydrogen (secondary N) is 1. The van der Waals surface area contributed by atoms with Crippen LogP contribution in [0.4, 0.5) is 8.78 Å². The van der Waals surface area contributed by atoms with Crippen LogP contribution in [0.3, 0.4) is 0 Å². The van der Waals surface area contributed by atoms with Crippen LogP contribution in [0.1, 0.15) is 30.0 Å². The Labute approximate surface area is 182 Å². The summed E-state index contributed by atoms with van der Waals surface area (Å²) in [6.45, 7) is -2.89. The maximum Gasteiger partial charge on any atom is 0.387 e. The minimum atomic E-state index is -2.89. The first kappa shape index (κ1) is 21.1. The lowest BCUT2D eigenvalue weighted by Crippen LogP contribution is -2.32. The van der Waals surface area contributed by atoms with Gasteiger partial charge in [-0.15, -0.1) is 10.2 Å². The number of amides is 1. The number of aryl methyl sites for hydroxylation is 1. The molecule has 0 bridgehead atoms. The minimum Gasteiger partial charge on any atom is -0.435 e. The van der Waals surface area contributed by atoms with Crippen LogP contribution in [0.25, 0.3) is 11.4 Å². The molecule has 7 nitrogen and oxygen atoms in total. The summed E-state index contributed by atoms with van der Waals surface area (Å²) in [7, 11) is 0. The van der Waals surface area contributed by atoms with E-state index in [1.165, 1.54) is 39.7 Å².